The number of aromatic amines is 2. The molecule has 29 heavy (non-hydrogen) atoms. The Balaban J connectivity index is 1.34. The number of pyridine rings is 1. The van der Waals surface area contributed by atoms with Gasteiger partial charge >= 0.3 is 0 Å². The molecule has 4 N–H and O–H groups in total. The summed E-state index contributed by atoms with van der Waals surface area (Å²) < 4.78 is 0. The maximum atomic E-state index is 10.6. The molecule has 0 radical (unpaired) electrons. The molecule has 146 valence electrons. The van der Waals surface area contributed by atoms with Gasteiger partial charge in [0.15, 0.2) is 0 Å². The van der Waals surface area contributed by atoms with Crippen LogP contribution in [0.25, 0.3) is 33.3 Å². The molecule has 2 unspecified atom stereocenters. The number of aromatic hydroxyl groups is 1. The summed E-state index contributed by atoms with van der Waals surface area (Å²) >= 11 is 0. The van der Waals surface area contributed by atoms with E-state index in [-0.39, 0.29) is 5.75 Å². The Bertz CT molecular complexity index is 1170. The van der Waals surface area contributed by atoms with E-state index in [1.807, 2.05) is 24.5 Å². The summed E-state index contributed by atoms with van der Waals surface area (Å²) in [6.45, 7) is 0. The lowest BCUT2D eigenvalue weighted by atomic mass is 9.87. The molecule has 3 aromatic heterocycles. The third-order valence-electron chi connectivity index (χ3n) is 6.60. The molecule has 6 heteroatoms. The van der Waals surface area contributed by atoms with Crippen molar-refractivity contribution >= 4 is 11.0 Å². The van der Waals surface area contributed by atoms with Crippen LogP contribution in [0.1, 0.15) is 37.2 Å². The van der Waals surface area contributed by atoms with Gasteiger partial charge in [-0.1, -0.05) is 6.07 Å². The molecule has 4 aromatic rings. The molecule has 5 heterocycles. The molecule has 2 aliphatic heterocycles. The van der Waals surface area contributed by atoms with E-state index in [2.05, 4.69) is 32.8 Å². The van der Waals surface area contributed by atoms with Gasteiger partial charge < -0.3 is 15.4 Å². The lowest BCUT2D eigenvalue weighted by Crippen LogP contribution is -2.37. The Morgan fingerprint density at radius 1 is 0.931 bits per heavy atom. The van der Waals surface area contributed by atoms with Crippen LogP contribution >= 0.6 is 0 Å². The van der Waals surface area contributed by atoms with Crippen molar-refractivity contribution in [2.24, 2.45) is 0 Å². The summed E-state index contributed by atoms with van der Waals surface area (Å²) in [5.74, 6) is 0.815. The van der Waals surface area contributed by atoms with E-state index in [9.17, 15) is 5.11 Å². The van der Waals surface area contributed by atoms with Gasteiger partial charge in [0.25, 0.3) is 0 Å². The second-order valence-electron chi connectivity index (χ2n) is 8.39. The molecule has 0 spiro atoms. The maximum Gasteiger partial charge on any atom is 0.124 e. The maximum absolute atomic E-state index is 10.6. The molecular weight excluding hydrogens is 362 g/mol. The largest absolute Gasteiger partial charge is 0.507 e. The Hall–Kier alpha value is -3.12. The molecule has 0 saturated carbocycles. The van der Waals surface area contributed by atoms with Crippen molar-refractivity contribution in [3.63, 3.8) is 0 Å². The van der Waals surface area contributed by atoms with E-state index in [1.54, 1.807) is 12.3 Å². The van der Waals surface area contributed by atoms with E-state index in [0.717, 1.165) is 33.3 Å². The summed E-state index contributed by atoms with van der Waals surface area (Å²) in [5.41, 5.74) is 7.00. The van der Waals surface area contributed by atoms with Crippen molar-refractivity contribution in [1.82, 2.24) is 25.5 Å². The van der Waals surface area contributed by atoms with Gasteiger partial charge in [-0.25, -0.2) is 0 Å². The first-order valence-electron chi connectivity index (χ1n) is 10.3. The van der Waals surface area contributed by atoms with Crippen LogP contribution < -0.4 is 5.32 Å². The summed E-state index contributed by atoms with van der Waals surface area (Å²) in [6, 6.07) is 9.12. The zero-order chi connectivity index (χ0) is 19.4. The van der Waals surface area contributed by atoms with Crippen molar-refractivity contribution in [3.05, 3.63) is 54.6 Å². The summed E-state index contributed by atoms with van der Waals surface area (Å²) in [5, 5.41) is 21.1. The van der Waals surface area contributed by atoms with Crippen LogP contribution in [0.4, 0.5) is 0 Å². The average molecular weight is 385 g/mol. The van der Waals surface area contributed by atoms with Crippen LogP contribution in [-0.2, 0) is 0 Å². The fraction of sp³-hybridized carbons (Fsp3) is 0.304. The monoisotopic (exact) mass is 385 g/mol. The van der Waals surface area contributed by atoms with Crippen molar-refractivity contribution in [1.29, 1.82) is 0 Å². The molecule has 2 aliphatic rings. The SMILES string of the molecule is Oc1cc(-c2cn[nH]c2)ccc1-c1cnc2c(C3CC4CCC(C3)N4)c[nH]c2c1. The molecule has 2 bridgehead atoms. The number of fused-ring (bicyclic) bond motifs is 3. The van der Waals surface area contributed by atoms with E-state index in [1.165, 1.54) is 31.2 Å². The van der Waals surface area contributed by atoms with E-state index >= 15 is 0 Å². The van der Waals surface area contributed by atoms with Crippen molar-refractivity contribution in [3.8, 4) is 28.0 Å². The van der Waals surface area contributed by atoms with Gasteiger partial charge in [-0.3, -0.25) is 10.1 Å². The minimum absolute atomic E-state index is 0.242. The highest BCUT2D eigenvalue weighted by atomic mass is 16.3. The number of hydrogen-bond acceptors (Lipinski definition) is 4. The molecule has 6 nitrogen and oxygen atoms in total. The molecule has 2 fully saturated rings. The van der Waals surface area contributed by atoms with Crippen LogP contribution in [0.15, 0.2) is 49.1 Å². The molecule has 2 atom stereocenters. The lowest BCUT2D eigenvalue weighted by Gasteiger charge is -2.28. The minimum atomic E-state index is 0.242. The zero-order valence-corrected chi connectivity index (χ0v) is 16.0. The summed E-state index contributed by atoms with van der Waals surface area (Å²) in [6.07, 6.45) is 12.6. The zero-order valence-electron chi connectivity index (χ0n) is 16.0. The minimum Gasteiger partial charge on any atom is -0.507 e. The Labute approximate surface area is 168 Å². The first-order valence-corrected chi connectivity index (χ1v) is 10.3. The molecule has 0 amide bonds. The van der Waals surface area contributed by atoms with Crippen LogP contribution in [0.3, 0.4) is 0 Å². The van der Waals surface area contributed by atoms with Crippen molar-refractivity contribution in [2.45, 2.75) is 43.7 Å². The highest BCUT2D eigenvalue weighted by Gasteiger charge is 2.35. The Morgan fingerprint density at radius 3 is 2.55 bits per heavy atom. The fourth-order valence-electron chi connectivity index (χ4n) is 5.16. The number of nitrogens with zero attached hydrogens (tertiary/aromatic N) is 2. The third kappa shape index (κ3) is 2.83. The molecule has 0 aliphatic carbocycles. The number of rotatable bonds is 3. The quantitative estimate of drug-likeness (QED) is 0.423. The predicted octanol–water partition coefficient (Wildman–Crippen LogP) is 4.32. The van der Waals surface area contributed by atoms with Gasteiger partial charge in [-0.15, -0.1) is 0 Å². The summed E-state index contributed by atoms with van der Waals surface area (Å²) in [4.78, 5) is 8.22. The van der Waals surface area contributed by atoms with Crippen LogP contribution in [0.5, 0.6) is 5.75 Å². The first-order chi connectivity index (χ1) is 14.2. The Kier molecular flexibility index (Phi) is 3.74. The van der Waals surface area contributed by atoms with Gasteiger partial charge in [-0.2, -0.15) is 5.10 Å². The fourth-order valence-corrected chi connectivity index (χ4v) is 5.16. The number of H-pyrrole nitrogens is 2. The standard InChI is InChI=1S/C23H23N5O/c29-22-8-13(16-10-26-27-11-16)1-4-19(22)15-7-21-23(25-9-15)20(12-24-21)14-5-17-2-3-18(6-14)28-17/h1,4,7-12,14,17-18,24,28-29H,2-3,5-6H2,(H,26,27). The van der Waals surface area contributed by atoms with E-state index in [4.69, 9.17) is 4.98 Å². The number of hydrogen-bond donors (Lipinski definition) is 4. The molecule has 1 aromatic carbocycles. The first kappa shape index (κ1) is 16.8. The van der Waals surface area contributed by atoms with E-state index in [0.29, 0.717) is 18.0 Å². The molecule has 6 rings (SSSR count). The smallest absolute Gasteiger partial charge is 0.124 e. The summed E-state index contributed by atoms with van der Waals surface area (Å²) in [7, 11) is 0. The average Bonchev–Trinajstić information content (AvgIpc) is 3.47. The lowest BCUT2D eigenvalue weighted by molar-refractivity contribution is 0.364. The van der Waals surface area contributed by atoms with Gasteiger partial charge in [0.05, 0.1) is 17.2 Å². The van der Waals surface area contributed by atoms with Crippen molar-refractivity contribution in [2.75, 3.05) is 0 Å². The van der Waals surface area contributed by atoms with Crippen LogP contribution in [0.2, 0.25) is 0 Å². The number of benzene rings is 1. The normalized spacial score (nSPS) is 23.7. The third-order valence-corrected chi connectivity index (χ3v) is 6.60. The van der Waals surface area contributed by atoms with E-state index < -0.39 is 0 Å². The van der Waals surface area contributed by atoms with Gasteiger partial charge in [-0.05, 0) is 60.9 Å². The second kappa shape index (κ2) is 6.46. The van der Waals surface area contributed by atoms with Crippen molar-refractivity contribution < 1.29 is 5.11 Å². The number of aromatic nitrogens is 4. The highest BCUT2D eigenvalue weighted by Crippen LogP contribution is 2.40. The van der Waals surface area contributed by atoms with Gasteiger partial charge in [0, 0.05) is 47.4 Å². The highest BCUT2D eigenvalue weighted by molar-refractivity contribution is 5.85. The van der Waals surface area contributed by atoms with Gasteiger partial charge in [0.1, 0.15) is 5.75 Å². The number of phenolic OH excluding ortho intramolecular Hbond substituents is 1. The molecular formula is C23H23N5O. The number of phenols is 1. The predicted molar refractivity (Wildman–Crippen MR) is 113 cm³/mol. The van der Waals surface area contributed by atoms with Crippen LogP contribution in [-0.4, -0.2) is 37.4 Å². The topological polar surface area (TPSA) is 89.6 Å². The number of nitrogens with one attached hydrogen (secondary N) is 3. The van der Waals surface area contributed by atoms with Gasteiger partial charge in [0.2, 0.25) is 0 Å². The second-order valence-corrected chi connectivity index (χ2v) is 8.39. The number of piperidine rings is 1. The molecule has 2 saturated heterocycles. The van der Waals surface area contributed by atoms with Crippen LogP contribution in [0, 0.1) is 0 Å². The Morgan fingerprint density at radius 2 is 1.79 bits per heavy atom.